The Kier molecular flexibility index (Phi) is 14.2. The van der Waals surface area contributed by atoms with Crippen molar-refractivity contribution in [3.8, 4) is 12.1 Å². The summed E-state index contributed by atoms with van der Waals surface area (Å²) in [5, 5.41) is 17.6. The Morgan fingerprint density at radius 2 is 1.15 bits per heavy atom. The molecule has 0 amide bonds. The normalized spacial score (nSPS) is 11.6. The van der Waals surface area contributed by atoms with Gasteiger partial charge in [0.15, 0.2) is 0 Å². The molecule has 20 heavy (non-hydrogen) atoms. The van der Waals surface area contributed by atoms with E-state index in [0.717, 1.165) is 19.3 Å². The summed E-state index contributed by atoms with van der Waals surface area (Å²) in [6, 6.07) is 4.03. The average Bonchev–Trinajstić information content (AvgIpc) is 2.47. The topological polar surface area (TPSA) is 47.6 Å². The Hall–Kier alpha value is -0.700. The lowest BCUT2D eigenvalue weighted by Gasteiger charge is -2.02. The van der Waals surface area contributed by atoms with Crippen molar-refractivity contribution in [3.05, 3.63) is 10.1 Å². The average molecular weight is 315 g/mol. The Bertz CT molecular complexity index is 350. The summed E-state index contributed by atoms with van der Waals surface area (Å²) in [4.78, 5) is 0. The molecule has 0 rings (SSSR count). The van der Waals surface area contributed by atoms with Crippen molar-refractivity contribution < 1.29 is 0 Å². The van der Waals surface area contributed by atoms with Crippen LogP contribution in [0.3, 0.4) is 0 Å². The molecule has 4 heteroatoms. The van der Waals surface area contributed by atoms with E-state index in [-0.39, 0.29) is 5.03 Å². The smallest absolute Gasteiger partial charge is 0.132 e. The Morgan fingerprint density at radius 3 is 1.60 bits per heavy atom. The number of hydrogen-bond acceptors (Lipinski definition) is 2. The first-order valence-corrected chi connectivity index (χ1v) is 8.29. The molecule has 0 atom stereocenters. The Balaban J connectivity index is 3.22. The maximum Gasteiger partial charge on any atom is 0.132 e. The third kappa shape index (κ3) is 12.3. The van der Waals surface area contributed by atoms with Crippen molar-refractivity contribution in [2.24, 2.45) is 0 Å². The molecule has 0 aliphatic carbocycles. The van der Waals surface area contributed by atoms with Crippen molar-refractivity contribution in [2.45, 2.75) is 77.0 Å². The maximum atomic E-state index is 8.56. The molecular weight excluding hydrogens is 291 g/mol. The van der Waals surface area contributed by atoms with Gasteiger partial charge in [0.25, 0.3) is 0 Å². The minimum atomic E-state index is 0.128. The van der Waals surface area contributed by atoms with Gasteiger partial charge in [0.1, 0.15) is 11.1 Å². The molecular formula is C16H24Cl2N2. The standard InChI is InChI=1S/C16H24Cl2N2/c17-15(16(18)14-20)12-10-8-6-4-2-1-3-5-7-9-11-13-19/h1-12H2. The Morgan fingerprint density at radius 1 is 0.700 bits per heavy atom. The molecule has 0 aromatic carbocycles. The first kappa shape index (κ1) is 19.3. The highest BCUT2D eigenvalue weighted by Gasteiger charge is 2.00. The first-order valence-electron chi connectivity index (χ1n) is 7.53. The molecule has 0 aromatic heterocycles. The highest BCUT2D eigenvalue weighted by Crippen LogP contribution is 2.20. The lowest BCUT2D eigenvalue weighted by atomic mass is 10.1. The number of hydrogen-bond donors (Lipinski definition) is 0. The van der Waals surface area contributed by atoms with E-state index < -0.39 is 0 Å². The molecule has 0 unspecified atom stereocenters. The summed E-state index contributed by atoms with van der Waals surface area (Å²) >= 11 is 11.5. The fourth-order valence-corrected chi connectivity index (χ4v) is 2.34. The predicted octanol–water partition coefficient (Wildman–Crippen LogP) is 6.40. The van der Waals surface area contributed by atoms with Crippen molar-refractivity contribution in [1.82, 2.24) is 0 Å². The molecule has 0 heterocycles. The second-order valence-electron chi connectivity index (χ2n) is 5.02. The molecule has 112 valence electrons. The quantitative estimate of drug-likeness (QED) is 0.309. The second-order valence-corrected chi connectivity index (χ2v) is 5.86. The van der Waals surface area contributed by atoms with Gasteiger partial charge < -0.3 is 0 Å². The maximum absolute atomic E-state index is 8.56. The third-order valence-electron chi connectivity index (χ3n) is 3.27. The van der Waals surface area contributed by atoms with Crippen LogP contribution < -0.4 is 0 Å². The van der Waals surface area contributed by atoms with Crippen LogP contribution in [0.25, 0.3) is 0 Å². The molecule has 0 saturated heterocycles. The zero-order valence-corrected chi connectivity index (χ0v) is 13.6. The van der Waals surface area contributed by atoms with Gasteiger partial charge in [0.05, 0.1) is 6.07 Å². The van der Waals surface area contributed by atoms with E-state index in [4.69, 9.17) is 33.7 Å². The van der Waals surface area contributed by atoms with Crippen molar-refractivity contribution in [1.29, 1.82) is 10.5 Å². The molecule has 0 aliphatic rings. The van der Waals surface area contributed by atoms with E-state index in [0.29, 0.717) is 17.9 Å². The van der Waals surface area contributed by atoms with E-state index in [2.05, 4.69) is 6.07 Å². The summed E-state index contributed by atoms with van der Waals surface area (Å²) in [6.45, 7) is 0. The van der Waals surface area contributed by atoms with Crippen LogP contribution in [0.15, 0.2) is 10.1 Å². The highest BCUT2D eigenvalue weighted by molar-refractivity contribution is 6.40. The fourth-order valence-electron chi connectivity index (χ4n) is 2.07. The molecule has 0 radical (unpaired) electrons. The van der Waals surface area contributed by atoms with Crippen LogP contribution in [-0.2, 0) is 0 Å². The van der Waals surface area contributed by atoms with E-state index in [1.54, 1.807) is 0 Å². The van der Waals surface area contributed by atoms with Gasteiger partial charge in [0, 0.05) is 11.5 Å². The molecule has 0 aromatic rings. The number of allylic oxidation sites excluding steroid dienone is 2. The molecule has 0 N–H and O–H groups in total. The molecule has 0 saturated carbocycles. The van der Waals surface area contributed by atoms with E-state index in [1.807, 2.05) is 6.07 Å². The van der Waals surface area contributed by atoms with Crippen LogP contribution in [0.4, 0.5) is 0 Å². The monoisotopic (exact) mass is 314 g/mol. The SMILES string of the molecule is N#CCCCCCCCCCCCCC(Cl)=C(Cl)C#N. The van der Waals surface area contributed by atoms with Crippen LogP contribution >= 0.6 is 23.2 Å². The van der Waals surface area contributed by atoms with Crippen LogP contribution in [0.1, 0.15) is 77.0 Å². The van der Waals surface area contributed by atoms with Gasteiger partial charge in [-0.3, -0.25) is 0 Å². The Labute approximate surface area is 133 Å². The van der Waals surface area contributed by atoms with Crippen LogP contribution in [0.5, 0.6) is 0 Å². The zero-order chi connectivity index (χ0) is 15.1. The van der Waals surface area contributed by atoms with Gasteiger partial charge in [-0.15, -0.1) is 0 Å². The lowest BCUT2D eigenvalue weighted by Crippen LogP contribution is -1.83. The van der Waals surface area contributed by atoms with Gasteiger partial charge in [0.2, 0.25) is 0 Å². The largest absolute Gasteiger partial charge is 0.198 e. The zero-order valence-electron chi connectivity index (χ0n) is 12.1. The molecule has 0 aliphatic heterocycles. The van der Waals surface area contributed by atoms with Gasteiger partial charge >= 0.3 is 0 Å². The molecule has 0 bridgehead atoms. The summed E-state index contributed by atoms with van der Waals surface area (Å²) in [5.74, 6) is 0. The van der Waals surface area contributed by atoms with Crippen LogP contribution in [-0.4, -0.2) is 0 Å². The molecule has 0 fully saturated rings. The fraction of sp³-hybridized carbons (Fsp3) is 0.750. The summed E-state index contributed by atoms with van der Waals surface area (Å²) in [7, 11) is 0. The first-order chi connectivity index (χ1) is 9.72. The minimum Gasteiger partial charge on any atom is -0.198 e. The van der Waals surface area contributed by atoms with Gasteiger partial charge in [-0.05, 0) is 19.3 Å². The van der Waals surface area contributed by atoms with E-state index in [9.17, 15) is 0 Å². The number of rotatable bonds is 12. The van der Waals surface area contributed by atoms with E-state index >= 15 is 0 Å². The van der Waals surface area contributed by atoms with Crippen LogP contribution in [0, 0.1) is 22.7 Å². The van der Waals surface area contributed by atoms with Crippen molar-refractivity contribution in [3.63, 3.8) is 0 Å². The number of halogens is 2. The number of nitriles is 2. The van der Waals surface area contributed by atoms with Crippen LogP contribution in [0.2, 0.25) is 0 Å². The summed E-state index contributed by atoms with van der Waals surface area (Å²) in [5.41, 5.74) is 0. The van der Waals surface area contributed by atoms with Gasteiger partial charge in [-0.25, -0.2) is 0 Å². The van der Waals surface area contributed by atoms with Crippen molar-refractivity contribution >= 4 is 23.2 Å². The second kappa shape index (κ2) is 14.7. The van der Waals surface area contributed by atoms with E-state index in [1.165, 1.54) is 44.9 Å². The molecule has 0 spiro atoms. The highest BCUT2D eigenvalue weighted by atomic mass is 35.5. The van der Waals surface area contributed by atoms with Gasteiger partial charge in [-0.2, -0.15) is 10.5 Å². The predicted molar refractivity (Wildman–Crippen MR) is 85.4 cm³/mol. The van der Waals surface area contributed by atoms with Gasteiger partial charge in [-0.1, -0.05) is 74.6 Å². The lowest BCUT2D eigenvalue weighted by molar-refractivity contribution is 0.553. The minimum absolute atomic E-state index is 0.128. The summed E-state index contributed by atoms with van der Waals surface area (Å²) in [6.07, 6.45) is 13.4. The molecule has 2 nitrogen and oxygen atoms in total. The number of unbranched alkanes of at least 4 members (excludes halogenated alkanes) is 10. The summed E-state index contributed by atoms with van der Waals surface area (Å²) < 4.78 is 0. The third-order valence-corrected chi connectivity index (χ3v) is 4.06. The van der Waals surface area contributed by atoms with Crippen molar-refractivity contribution in [2.75, 3.05) is 0 Å². The number of nitrogens with zero attached hydrogens (tertiary/aromatic N) is 2.